The molecule has 0 saturated carbocycles. The number of hydrogen-bond acceptors (Lipinski definition) is 7. The SMILES string of the molecule is C=C(/N=C(/N)C(=C(N)N)N(Cc1ccc(Cl)cc1)C(=O)OC)n1nc(Cc2ccccc2F)c2ncc(F)cc21. The van der Waals surface area contributed by atoms with Crippen LogP contribution in [0.2, 0.25) is 5.02 Å². The highest BCUT2D eigenvalue weighted by atomic mass is 35.5. The van der Waals surface area contributed by atoms with E-state index >= 15 is 0 Å². The number of carbonyl (C=O) groups excluding carboxylic acids is 1. The number of fused-ring (bicyclic) bond motifs is 1. The van der Waals surface area contributed by atoms with Crippen molar-refractivity contribution in [3.63, 3.8) is 0 Å². The van der Waals surface area contributed by atoms with Crippen LogP contribution in [0, 0.1) is 11.6 Å². The largest absolute Gasteiger partial charge is 0.452 e. The molecule has 4 rings (SSSR count). The predicted octanol–water partition coefficient (Wildman–Crippen LogP) is 4.09. The van der Waals surface area contributed by atoms with Crippen LogP contribution in [0.3, 0.4) is 0 Å². The molecule has 0 spiro atoms. The fourth-order valence-electron chi connectivity index (χ4n) is 3.97. The summed E-state index contributed by atoms with van der Waals surface area (Å²) >= 11 is 5.96. The van der Waals surface area contributed by atoms with Gasteiger partial charge in [0.2, 0.25) is 0 Å². The van der Waals surface area contributed by atoms with Crippen molar-refractivity contribution >= 4 is 40.4 Å². The van der Waals surface area contributed by atoms with Crippen molar-refractivity contribution in [2.24, 2.45) is 22.2 Å². The van der Waals surface area contributed by atoms with Crippen LogP contribution in [0.5, 0.6) is 0 Å². The highest BCUT2D eigenvalue weighted by molar-refractivity contribution is 6.30. The summed E-state index contributed by atoms with van der Waals surface area (Å²) in [6.07, 6.45) is 0.282. The summed E-state index contributed by atoms with van der Waals surface area (Å²) in [7, 11) is 1.18. The van der Waals surface area contributed by atoms with E-state index in [0.717, 1.165) is 11.1 Å². The number of hydrogen-bond donors (Lipinski definition) is 3. The molecule has 0 atom stereocenters. The fourth-order valence-corrected chi connectivity index (χ4v) is 4.10. The van der Waals surface area contributed by atoms with Crippen LogP contribution >= 0.6 is 11.6 Å². The van der Waals surface area contributed by atoms with Gasteiger partial charge in [-0.1, -0.05) is 48.5 Å². The van der Waals surface area contributed by atoms with Gasteiger partial charge in [0, 0.05) is 17.5 Å². The lowest BCUT2D eigenvalue weighted by molar-refractivity contribution is 0.135. The van der Waals surface area contributed by atoms with E-state index in [4.69, 9.17) is 33.5 Å². The number of nitrogens with zero attached hydrogens (tertiary/aromatic N) is 5. The molecule has 40 heavy (non-hydrogen) atoms. The summed E-state index contributed by atoms with van der Waals surface area (Å²) in [6, 6.07) is 14.1. The number of aliphatic imine (C=N–C) groups is 1. The number of aromatic nitrogens is 3. The third-order valence-corrected chi connectivity index (χ3v) is 6.05. The van der Waals surface area contributed by atoms with Crippen LogP contribution in [0.15, 0.2) is 83.9 Å². The Labute approximate surface area is 233 Å². The first-order valence-corrected chi connectivity index (χ1v) is 12.1. The monoisotopic (exact) mass is 566 g/mol. The molecule has 0 aliphatic rings. The quantitative estimate of drug-likeness (QED) is 0.214. The molecule has 2 heterocycles. The molecule has 6 N–H and O–H groups in total. The lowest BCUT2D eigenvalue weighted by Gasteiger charge is -2.24. The summed E-state index contributed by atoms with van der Waals surface area (Å²) in [5.41, 5.74) is 19.9. The van der Waals surface area contributed by atoms with Gasteiger partial charge in [-0.15, -0.1) is 0 Å². The molecule has 0 fully saturated rings. The third kappa shape index (κ3) is 6.02. The molecule has 206 valence electrons. The number of ether oxygens (including phenoxy) is 1. The van der Waals surface area contributed by atoms with Crippen molar-refractivity contribution < 1.29 is 18.3 Å². The molecule has 0 aliphatic carbocycles. The van der Waals surface area contributed by atoms with Crippen molar-refractivity contribution in [1.29, 1.82) is 0 Å². The zero-order valence-electron chi connectivity index (χ0n) is 21.3. The lowest BCUT2D eigenvalue weighted by Crippen LogP contribution is -2.39. The van der Waals surface area contributed by atoms with Gasteiger partial charge in [-0.25, -0.2) is 28.2 Å². The summed E-state index contributed by atoms with van der Waals surface area (Å²) in [4.78, 5) is 22.2. The highest BCUT2D eigenvalue weighted by Crippen LogP contribution is 2.24. The van der Waals surface area contributed by atoms with E-state index in [0.29, 0.717) is 27.4 Å². The number of pyridine rings is 1. The predicted molar refractivity (Wildman–Crippen MR) is 148 cm³/mol. The second kappa shape index (κ2) is 11.8. The maximum Gasteiger partial charge on any atom is 0.414 e. The maximum absolute atomic E-state index is 14.3. The molecule has 1 amide bonds. The Morgan fingerprint density at radius 2 is 1.85 bits per heavy atom. The van der Waals surface area contributed by atoms with Crippen molar-refractivity contribution in [3.05, 3.63) is 112 Å². The number of nitrogens with two attached hydrogens (primary N) is 3. The van der Waals surface area contributed by atoms with Crippen LogP contribution in [-0.2, 0) is 17.7 Å². The van der Waals surface area contributed by atoms with Gasteiger partial charge in [-0.2, -0.15) is 5.10 Å². The van der Waals surface area contributed by atoms with Gasteiger partial charge in [0.05, 0.1) is 31.1 Å². The Morgan fingerprint density at radius 3 is 2.50 bits per heavy atom. The Bertz CT molecular complexity index is 1650. The number of benzene rings is 2. The van der Waals surface area contributed by atoms with Gasteiger partial charge in [0.25, 0.3) is 0 Å². The summed E-state index contributed by atoms with van der Waals surface area (Å²) < 4.78 is 34.6. The molecule has 4 aromatic rings. The zero-order chi connectivity index (χ0) is 29.0. The second-order valence-corrected chi connectivity index (χ2v) is 8.98. The molecule has 0 radical (unpaired) electrons. The summed E-state index contributed by atoms with van der Waals surface area (Å²) in [6.45, 7) is 3.86. The van der Waals surface area contributed by atoms with Crippen molar-refractivity contribution in [2.45, 2.75) is 13.0 Å². The molecule has 10 nitrogen and oxygen atoms in total. The van der Waals surface area contributed by atoms with E-state index in [1.165, 1.54) is 23.9 Å². The smallest absolute Gasteiger partial charge is 0.414 e. The molecular weight excluding hydrogens is 542 g/mol. The number of amides is 1. The van der Waals surface area contributed by atoms with E-state index in [9.17, 15) is 13.6 Å². The van der Waals surface area contributed by atoms with Crippen molar-refractivity contribution in [1.82, 2.24) is 19.7 Å². The van der Waals surface area contributed by atoms with E-state index in [-0.39, 0.29) is 41.7 Å². The van der Waals surface area contributed by atoms with Crippen LogP contribution in [0.1, 0.15) is 16.8 Å². The topological polar surface area (TPSA) is 151 Å². The highest BCUT2D eigenvalue weighted by Gasteiger charge is 2.25. The fraction of sp³-hybridized carbons (Fsp3) is 0.111. The average Bonchev–Trinajstić information content (AvgIpc) is 3.27. The minimum Gasteiger partial charge on any atom is -0.452 e. The third-order valence-electron chi connectivity index (χ3n) is 5.80. The van der Waals surface area contributed by atoms with Crippen molar-refractivity contribution in [3.8, 4) is 0 Å². The van der Waals surface area contributed by atoms with Gasteiger partial charge < -0.3 is 21.9 Å². The molecular formula is C27H25ClF2N8O2. The van der Waals surface area contributed by atoms with Crippen molar-refractivity contribution in [2.75, 3.05) is 7.11 Å². The number of rotatable bonds is 8. The first-order chi connectivity index (χ1) is 19.1. The minimum atomic E-state index is -0.815. The zero-order valence-corrected chi connectivity index (χ0v) is 22.1. The van der Waals surface area contributed by atoms with Crippen LogP contribution in [0.25, 0.3) is 16.9 Å². The number of amidine groups is 1. The van der Waals surface area contributed by atoms with Crippen LogP contribution in [-0.4, -0.2) is 38.7 Å². The second-order valence-electron chi connectivity index (χ2n) is 8.55. The normalized spacial score (nSPS) is 11.3. The Kier molecular flexibility index (Phi) is 8.29. The lowest BCUT2D eigenvalue weighted by atomic mass is 10.1. The molecule has 0 unspecified atom stereocenters. The number of carbonyl (C=O) groups is 1. The molecule has 2 aromatic carbocycles. The standard InChI is InChI=1S/C27H25ClF2N8O2/c1-15(35-26(33)24(25(31)32)37(27(39)40-2)14-16-7-9-18(28)10-8-16)38-22-12-19(29)13-34-23(22)21(36-38)11-17-5-3-4-6-20(17)30/h3-10,12-13H,1,11,14,31-32H2,2H3,(H2,33,35). The molecule has 0 saturated heterocycles. The molecule has 13 heteroatoms. The minimum absolute atomic E-state index is 0.0353. The average molecular weight is 567 g/mol. The first-order valence-electron chi connectivity index (χ1n) is 11.7. The Balaban J connectivity index is 1.74. The van der Waals surface area contributed by atoms with E-state index in [2.05, 4.69) is 21.7 Å². The Hall–Kier alpha value is -4.97. The van der Waals surface area contributed by atoms with Gasteiger partial charge >= 0.3 is 6.09 Å². The van der Waals surface area contributed by atoms with Gasteiger partial charge in [0.15, 0.2) is 5.84 Å². The van der Waals surface area contributed by atoms with Crippen LogP contribution < -0.4 is 17.2 Å². The maximum atomic E-state index is 14.3. The van der Waals surface area contributed by atoms with Gasteiger partial charge in [0.1, 0.15) is 34.5 Å². The van der Waals surface area contributed by atoms with E-state index in [1.54, 1.807) is 42.5 Å². The Morgan fingerprint density at radius 1 is 1.15 bits per heavy atom. The van der Waals surface area contributed by atoms with Gasteiger partial charge in [-0.05, 0) is 29.3 Å². The van der Waals surface area contributed by atoms with Crippen LogP contribution in [0.4, 0.5) is 13.6 Å². The molecule has 0 aliphatic heterocycles. The molecule has 0 bridgehead atoms. The summed E-state index contributed by atoms with van der Waals surface area (Å²) in [5.74, 6) is -1.77. The molecule has 2 aromatic heterocycles. The van der Waals surface area contributed by atoms with E-state index in [1.807, 2.05) is 0 Å². The summed E-state index contributed by atoms with van der Waals surface area (Å²) in [5, 5.41) is 4.96. The number of methoxy groups -OCH3 is 1. The van der Waals surface area contributed by atoms with E-state index < -0.39 is 17.7 Å². The number of halogens is 3. The van der Waals surface area contributed by atoms with Gasteiger partial charge in [-0.3, -0.25) is 4.90 Å². The first kappa shape index (κ1) is 28.0.